The zero-order chi connectivity index (χ0) is 25.9. The van der Waals surface area contributed by atoms with E-state index in [0.29, 0.717) is 12.5 Å². The lowest BCUT2D eigenvalue weighted by Crippen LogP contribution is -2.46. The van der Waals surface area contributed by atoms with Gasteiger partial charge in [0.15, 0.2) is 0 Å². The average molecular weight is 514 g/mol. The third-order valence-corrected chi connectivity index (χ3v) is 8.06. The van der Waals surface area contributed by atoms with Gasteiger partial charge in [-0.05, 0) is 31.4 Å². The Kier molecular flexibility index (Phi) is 13.0. The van der Waals surface area contributed by atoms with Crippen molar-refractivity contribution in [1.82, 2.24) is 14.7 Å². The highest BCUT2D eigenvalue weighted by Crippen LogP contribution is 2.48. The van der Waals surface area contributed by atoms with Crippen LogP contribution < -0.4 is 0 Å². The number of piperidine rings is 1. The van der Waals surface area contributed by atoms with Gasteiger partial charge in [0.05, 0.1) is 25.1 Å². The lowest BCUT2D eigenvalue weighted by Gasteiger charge is -2.45. The molecule has 2 aromatic heterocycles. The van der Waals surface area contributed by atoms with E-state index in [1.54, 1.807) is 4.68 Å². The maximum Gasteiger partial charge on any atom is 0.149 e. The topological polar surface area (TPSA) is 64.4 Å². The molecule has 196 valence electrons. The molecule has 0 aliphatic carbocycles. The van der Waals surface area contributed by atoms with E-state index >= 15 is 0 Å². The summed E-state index contributed by atoms with van der Waals surface area (Å²) in [6.45, 7) is 20.5. The Hall–Kier alpha value is -1.22. The lowest BCUT2D eigenvalue weighted by molar-refractivity contribution is -0.102. The number of thiophene rings is 1. The molecule has 1 saturated heterocycles. The van der Waals surface area contributed by atoms with Gasteiger partial charge in [0.2, 0.25) is 0 Å². The molecule has 0 aromatic carbocycles. The predicted molar refractivity (Wildman–Crippen MR) is 146 cm³/mol. The number of rotatable bonds is 5. The number of fused-ring (bicyclic) bond motifs is 2. The van der Waals surface area contributed by atoms with Crippen molar-refractivity contribution in [3.63, 3.8) is 0 Å². The fourth-order valence-electron chi connectivity index (χ4n) is 4.27. The van der Waals surface area contributed by atoms with Crippen LogP contribution in [0.5, 0.6) is 0 Å². The fourth-order valence-corrected chi connectivity index (χ4v) is 6.12. The predicted octanol–water partition coefficient (Wildman–Crippen LogP) is 6.00. The maximum atomic E-state index is 11.3. The largest absolute Gasteiger partial charge is 0.369 e. The minimum Gasteiger partial charge on any atom is -0.369 e. The van der Waals surface area contributed by atoms with E-state index in [4.69, 9.17) is 4.74 Å². The first-order valence-corrected chi connectivity index (χ1v) is 15.8. The Labute approximate surface area is 212 Å². The van der Waals surface area contributed by atoms with Crippen molar-refractivity contribution in [2.24, 2.45) is 0 Å². The van der Waals surface area contributed by atoms with E-state index in [9.17, 15) is 8.42 Å². The highest BCUT2D eigenvalue weighted by atomic mass is 32.2. The van der Waals surface area contributed by atoms with Crippen molar-refractivity contribution in [3.8, 4) is 0 Å². The van der Waals surface area contributed by atoms with Crippen LogP contribution in [0.4, 0.5) is 0 Å². The molecule has 2 aliphatic rings. The minimum atomic E-state index is -2.97. The number of sulfone groups is 1. The molecule has 0 N–H and O–H groups in total. The third-order valence-electron chi connectivity index (χ3n) is 5.89. The fraction of sp³-hybridized carbons (Fsp3) is 0.731. The van der Waals surface area contributed by atoms with Gasteiger partial charge in [-0.25, -0.2) is 8.42 Å². The molecule has 8 heteroatoms. The molecular formula is C26H47N3O3S2. The molecule has 1 fully saturated rings. The summed E-state index contributed by atoms with van der Waals surface area (Å²) in [5, 5.41) is 4.31. The molecule has 2 aliphatic heterocycles. The van der Waals surface area contributed by atoms with Crippen LogP contribution in [0.1, 0.15) is 88.1 Å². The summed E-state index contributed by atoms with van der Waals surface area (Å²) in [5.74, 6) is 0.611. The van der Waals surface area contributed by atoms with E-state index in [1.807, 2.05) is 65.3 Å². The second-order valence-corrected chi connectivity index (χ2v) is 11.9. The normalized spacial score (nSPS) is 19.0. The molecule has 1 atom stereocenters. The molecule has 0 bridgehead atoms. The van der Waals surface area contributed by atoms with Crippen molar-refractivity contribution in [2.75, 3.05) is 31.7 Å². The summed E-state index contributed by atoms with van der Waals surface area (Å²) >= 11 is 1.91. The summed E-state index contributed by atoms with van der Waals surface area (Å²) in [6.07, 6.45) is 7.13. The number of aryl methyl sites for hydroxylation is 2. The molecule has 0 radical (unpaired) electrons. The van der Waals surface area contributed by atoms with E-state index in [-0.39, 0.29) is 11.4 Å². The monoisotopic (exact) mass is 513 g/mol. The SMILES string of the molecule is CC.CC.CC.Cc1cc2c(s1)C1(CCN(Cc3cnn(CCS(C)(=O)=O)c3)CC1)OCC2C. The molecule has 0 amide bonds. The number of aromatic nitrogens is 2. The second-order valence-electron chi connectivity index (χ2n) is 8.37. The maximum absolute atomic E-state index is 11.3. The first-order valence-electron chi connectivity index (χ1n) is 12.9. The van der Waals surface area contributed by atoms with Crippen LogP contribution in [0.25, 0.3) is 0 Å². The summed E-state index contributed by atoms with van der Waals surface area (Å²) < 4.78 is 30.8. The summed E-state index contributed by atoms with van der Waals surface area (Å²) in [6, 6.07) is 2.35. The molecule has 2 aromatic rings. The second kappa shape index (κ2) is 14.4. The number of hydrogen-bond donors (Lipinski definition) is 0. The Morgan fingerprint density at radius 2 is 1.76 bits per heavy atom. The number of ether oxygens (including phenoxy) is 1. The van der Waals surface area contributed by atoms with Crippen LogP contribution in [0.3, 0.4) is 0 Å². The van der Waals surface area contributed by atoms with Gasteiger partial charge < -0.3 is 4.74 Å². The Morgan fingerprint density at radius 3 is 2.35 bits per heavy atom. The molecule has 0 saturated carbocycles. The van der Waals surface area contributed by atoms with Crippen LogP contribution in [-0.2, 0) is 33.3 Å². The Balaban J connectivity index is 0.000000894. The van der Waals surface area contributed by atoms with Gasteiger partial charge in [0, 0.05) is 53.3 Å². The van der Waals surface area contributed by atoms with Gasteiger partial charge in [-0.15, -0.1) is 11.3 Å². The third kappa shape index (κ3) is 8.18. The van der Waals surface area contributed by atoms with Gasteiger partial charge in [-0.1, -0.05) is 48.5 Å². The molecule has 1 spiro atoms. The zero-order valence-corrected chi connectivity index (χ0v) is 24.5. The van der Waals surface area contributed by atoms with E-state index in [1.165, 1.54) is 21.6 Å². The smallest absolute Gasteiger partial charge is 0.149 e. The van der Waals surface area contributed by atoms with E-state index < -0.39 is 9.84 Å². The van der Waals surface area contributed by atoms with Crippen LogP contribution in [0.15, 0.2) is 18.5 Å². The standard InChI is InChI=1S/C20H29N3O3S2.3C2H6/c1-15-14-26-20(19-18(15)10-16(2)27-19)4-6-22(7-5-20)12-17-11-21-23(13-17)8-9-28(3,24)25;3*1-2/h10-11,13,15H,4-9,12,14H2,1-3H3;3*1-2H3. The van der Waals surface area contributed by atoms with Gasteiger partial charge in [-0.3, -0.25) is 9.58 Å². The summed E-state index contributed by atoms with van der Waals surface area (Å²) in [4.78, 5) is 5.28. The molecule has 4 heterocycles. The number of likely N-dealkylation sites (tertiary alicyclic amines) is 1. The average Bonchev–Trinajstić information content (AvgIpc) is 3.47. The van der Waals surface area contributed by atoms with Crippen LogP contribution in [0, 0.1) is 6.92 Å². The van der Waals surface area contributed by atoms with Crippen molar-refractivity contribution >= 4 is 21.2 Å². The molecule has 34 heavy (non-hydrogen) atoms. The Bertz CT molecular complexity index is 942. The molecule has 6 nitrogen and oxygen atoms in total. The minimum absolute atomic E-state index is 0.100. The van der Waals surface area contributed by atoms with Crippen LogP contribution in [-0.4, -0.2) is 54.8 Å². The summed E-state index contributed by atoms with van der Waals surface area (Å²) in [5.41, 5.74) is 2.53. The number of hydrogen-bond acceptors (Lipinski definition) is 6. The van der Waals surface area contributed by atoms with Crippen LogP contribution in [0.2, 0.25) is 0 Å². The first kappa shape index (κ1) is 30.8. The van der Waals surface area contributed by atoms with Crippen molar-refractivity contribution in [1.29, 1.82) is 0 Å². The molecular weight excluding hydrogens is 466 g/mol. The van der Waals surface area contributed by atoms with Crippen molar-refractivity contribution < 1.29 is 13.2 Å². The van der Waals surface area contributed by atoms with Gasteiger partial charge >= 0.3 is 0 Å². The van der Waals surface area contributed by atoms with Gasteiger partial charge in [0.1, 0.15) is 15.4 Å². The van der Waals surface area contributed by atoms with Crippen LogP contribution >= 0.6 is 11.3 Å². The first-order chi connectivity index (χ1) is 16.2. The lowest BCUT2D eigenvalue weighted by atomic mass is 9.82. The number of nitrogens with zero attached hydrogens (tertiary/aromatic N) is 3. The molecule has 4 rings (SSSR count). The Morgan fingerprint density at radius 1 is 1.15 bits per heavy atom. The van der Waals surface area contributed by atoms with E-state index in [0.717, 1.165) is 44.6 Å². The highest BCUT2D eigenvalue weighted by molar-refractivity contribution is 7.90. The van der Waals surface area contributed by atoms with Crippen molar-refractivity contribution in [2.45, 2.75) is 92.8 Å². The quantitative estimate of drug-likeness (QED) is 0.490. The van der Waals surface area contributed by atoms with Crippen molar-refractivity contribution in [3.05, 3.63) is 39.3 Å². The van der Waals surface area contributed by atoms with Gasteiger partial charge in [-0.2, -0.15) is 5.10 Å². The molecule has 1 unspecified atom stereocenters. The highest BCUT2D eigenvalue weighted by Gasteiger charge is 2.43. The van der Waals surface area contributed by atoms with Gasteiger partial charge in [0.25, 0.3) is 0 Å². The zero-order valence-electron chi connectivity index (χ0n) is 22.8. The summed E-state index contributed by atoms with van der Waals surface area (Å²) in [7, 11) is -2.97. The van der Waals surface area contributed by atoms with E-state index in [2.05, 4.69) is 29.9 Å².